The molecule has 0 spiro atoms. The Morgan fingerprint density at radius 2 is 2.00 bits per heavy atom. The van der Waals surface area contributed by atoms with Crippen LogP contribution in [0.15, 0.2) is 23.5 Å². The van der Waals surface area contributed by atoms with Crippen LogP contribution >= 0.6 is 0 Å². The van der Waals surface area contributed by atoms with Gasteiger partial charge in [0.15, 0.2) is 0 Å². The Morgan fingerprint density at radius 1 is 1.40 bits per heavy atom. The van der Waals surface area contributed by atoms with Gasteiger partial charge in [0.05, 0.1) is 27.3 Å². The van der Waals surface area contributed by atoms with E-state index >= 15 is 0 Å². The zero-order valence-corrected chi connectivity index (χ0v) is 10.8. The molecule has 0 heterocycles. The minimum atomic E-state index is -1.93. The molecule has 0 bridgehead atoms. The van der Waals surface area contributed by atoms with Crippen LogP contribution in [0.2, 0.25) is 0 Å². The van der Waals surface area contributed by atoms with E-state index in [2.05, 4.69) is 11.8 Å². The number of rotatable bonds is 3. The maximum atomic E-state index is 11.3. The Labute approximate surface area is 114 Å². The predicted molar refractivity (Wildman–Crippen MR) is 64.8 cm³/mol. The number of hydrogen-bond donors (Lipinski definition) is 0. The average molecular weight is 279 g/mol. The van der Waals surface area contributed by atoms with Gasteiger partial charge in [0.25, 0.3) is 11.4 Å². The van der Waals surface area contributed by atoms with Gasteiger partial charge in [-0.3, -0.25) is 20.2 Å². The number of carbonyl (C=O) groups excluding carboxylic acids is 1. The molecule has 2 unspecified atom stereocenters. The largest absolute Gasteiger partial charge is 0.549 e. The highest BCUT2D eigenvalue weighted by molar-refractivity contribution is 5.77. The second-order valence-electron chi connectivity index (χ2n) is 4.33. The zero-order valence-electron chi connectivity index (χ0n) is 10.8. The molecule has 0 aromatic rings. The van der Waals surface area contributed by atoms with Gasteiger partial charge in [0.2, 0.25) is 0 Å². The van der Waals surface area contributed by atoms with Crippen molar-refractivity contribution >= 4 is 5.97 Å². The fourth-order valence-corrected chi connectivity index (χ4v) is 1.84. The van der Waals surface area contributed by atoms with Crippen molar-refractivity contribution in [2.75, 3.05) is 0 Å². The molecule has 0 saturated heterocycles. The smallest absolute Gasteiger partial charge is 0.273 e. The van der Waals surface area contributed by atoms with Gasteiger partial charge in [0, 0.05) is 12.5 Å². The van der Waals surface area contributed by atoms with Gasteiger partial charge >= 0.3 is 0 Å². The van der Waals surface area contributed by atoms with E-state index < -0.39 is 38.5 Å². The highest BCUT2D eigenvalue weighted by Crippen LogP contribution is 2.39. The van der Waals surface area contributed by atoms with Gasteiger partial charge in [-0.2, -0.15) is 0 Å². The van der Waals surface area contributed by atoms with Crippen LogP contribution in [0, 0.1) is 43.4 Å². The summed E-state index contributed by atoms with van der Waals surface area (Å²) >= 11 is 0. The molecule has 0 aliphatic heterocycles. The maximum Gasteiger partial charge on any atom is 0.273 e. The van der Waals surface area contributed by atoms with E-state index in [1.165, 1.54) is 0 Å². The Bertz CT molecular complexity index is 595. The zero-order chi connectivity index (χ0) is 15.5. The Balaban J connectivity index is 3.53. The third-order valence-corrected chi connectivity index (χ3v) is 2.92. The monoisotopic (exact) mass is 279 g/mol. The summed E-state index contributed by atoms with van der Waals surface area (Å²) < 4.78 is 0. The quantitative estimate of drug-likeness (QED) is 0.410. The summed E-state index contributed by atoms with van der Waals surface area (Å²) in [7, 11) is 0. The summed E-state index contributed by atoms with van der Waals surface area (Å²) in [5, 5.41) is 33.1. The highest BCUT2D eigenvalue weighted by atomic mass is 16.6. The molecule has 1 rings (SSSR count). The number of nitrogens with zero attached hydrogens (tertiary/aromatic N) is 2. The van der Waals surface area contributed by atoms with Crippen LogP contribution in [-0.2, 0) is 4.79 Å². The van der Waals surface area contributed by atoms with Gasteiger partial charge in [-0.05, 0) is 6.92 Å². The lowest BCUT2D eigenvalue weighted by molar-refractivity contribution is -0.444. The summed E-state index contributed by atoms with van der Waals surface area (Å²) in [4.78, 5) is 31.3. The number of carboxylic acid groups (broad SMARTS) is 1. The van der Waals surface area contributed by atoms with Crippen molar-refractivity contribution in [1.29, 1.82) is 0 Å². The number of allylic oxidation sites excluding steroid dienone is 2. The molecule has 8 nitrogen and oxygen atoms in total. The standard InChI is InChI=1S/C12H12N2O6/c1-3-4-5-9-10(14(19)20)6-8(13(17)18)7-12(9,2)11(15)16/h6-7,9H,3H2,1-2H3,(H,15,16)/p-1. The molecule has 0 fully saturated rings. The van der Waals surface area contributed by atoms with Crippen LogP contribution in [0.1, 0.15) is 20.3 Å². The lowest BCUT2D eigenvalue weighted by Crippen LogP contribution is -2.46. The summed E-state index contributed by atoms with van der Waals surface area (Å²) in [6.07, 6.45) is 1.94. The number of nitro groups is 2. The molecule has 8 heteroatoms. The topological polar surface area (TPSA) is 126 Å². The molecule has 0 radical (unpaired) electrons. The molecule has 106 valence electrons. The molecule has 2 atom stereocenters. The molecular weight excluding hydrogens is 268 g/mol. The van der Waals surface area contributed by atoms with Crippen LogP contribution in [0.4, 0.5) is 0 Å². The Kier molecular flexibility index (Phi) is 4.24. The first kappa shape index (κ1) is 15.4. The molecule has 1 aliphatic carbocycles. The van der Waals surface area contributed by atoms with E-state index in [1.54, 1.807) is 6.92 Å². The van der Waals surface area contributed by atoms with Crippen molar-refractivity contribution in [2.24, 2.45) is 11.3 Å². The van der Waals surface area contributed by atoms with Crippen molar-refractivity contribution in [3.8, 4) is 11.8 Å². The van der Waals surface area contributed by atoms with E-state index in [4.69, 9.17) is 0 Å². The van der Waals surface area contributed by atoms with Gasteiger partial charge in [-0.25, -0.2) is 0 Å². The lowest BCUT2D eigenvalue weighted by atomic mass is 9.72. The molecule has 0 N–H and O–H groups in total. The summed E-state index contributed by atoms with van der Waals surface area (Å²) in [6.45, 7) is 2.82. The first-order chi connectivity index (χ1) is 9.24. The first-order valence-corrected chi connectivity index (χ1v) is 5.67. The molecule has 0 amide bonds. The molecule has 0 saturated carbocycles. The normalized spacial score (nSPS) is 24.8. The van der Waals surface area contributed by atoms with Crippen LogP contribution in [0.3, 0.4) is 0 Å². The van der Waals surface area contributed by atoms with Crippen molar-refractivity contribution < 1.29 is 19.7 Å². The van der Waals surface area contributed by atoms with Crippen molar-refractivity contribution in [2.45, 2.75) is 20.3 Å². The van der Waals surface area contributed by atoms with Crippen LogP contribution in [-0.4, -0.2) is 15.8 Å². The molecule has 20 heavy (non-hydrogen) atoms. The lowest BCUT2D eigenvalue weighted by Gasteiger charge is -2.32. The average Bonchev–Trinajstić information content (AvgIpc) is 2.35. The maximum absolute atomic E-state index is 11.3. The fraction of sp³-hybridized carbons (Fsp3) is 0.417. The number of carbonyl (C=O) groups is 1. The van der Waals surface area contributed by atoms with Crippen molar-refractivity contribution in [3.05, 3.63) is 43.8 Å². The van der Waals surface area contributed by atoms with Crippen LogP contribution < -0.4 is 5.11 Å². The van der Waals surface area contributed by atoms with Crippen molar-refractivity contribution in [1.82, 2.24) is 0 Å². The molecule has 0 aromatic heterocycles. The molecule has 1 aliphatic rings. The summed E-state index contributed by atoms with van der Waals surface area (Å²) in [5.74, 6) is 2.10. The van der Waals surface area contributed by atoms with E-state index in [0.29, 0.717) is 6.42 Å². The number of carboxylic acids is 1. The van der Waals surface area contributed by atoms with Gasteiger partial charge in [-0.15, -0.1) is 5.92 Å². The second-order valence-corrected chi connectivity index (χ2v) is 4.33. The second kappa shape index (κ2) is 5.52. The predicted octanol–water partition coefficient (Wildman–Crippen LogP) is 0.107. The Hall–Kier alpha value is -2.69. The fourth-order valence-electron chi connectivity index (χ4n) is 1.84. The highest BCUT2D eigenvalue weighted by Gasteiger charge is 2.46. The summed E-state index contributed by atoms with van der Waals surface area (Å²) in [6, 6.07) is 0. The number of aliphatic carboxylic acids is 1. The minimum absolute atomic E-state index is 0.371. The SMILES string of the molecule is CCC#CC1C([N+](=O)[O-])=CC([N+](=O)[O-])=CC1(C)C(=O)[O-]. The van der Waals surface area contributed by atoms with Crippen LogP contribution in [0.5, 0.6) is 0 Å². The third-order valence-electron chi connectivity index (χ3n) is 2.92. The molecule has 0 aromatic carbocycles. The third kappa shape index (κ3) is 2.66. The van der Waals surface area contributed by atoms with Crippen LogP contribution in [0.25, 0.3) is 0 Å². The van der Waals surface area contributed by atoms with E-state index in [9.17, 15) is 30.1 Å². The van der Waals surface area contributed by atoms with Gasteiger partial charge in [0.1, 0.15) is 5.92 Å². The van der Waals surface area contributed by atoms with Crippen molar-refractivity contribution in [3.63, 3.8) is 0 Å². The summed E-state index contributed by atoms with van der Waals surface area (Å²) in [5.41, 5.74) is -3.20. The first-order valence-electron chi connectivity index (χ1n) is 5.67. The minimum Gasteiger partial charge on any atom is -0.549 e. The van der Waals surface area contributed by atoms with E-state index in [1.807, 2.05) is 0 Å². The van der Waals surface area contributed by atoms with E-state index in [-0.39, 0.29) is 0 Å². The van der Waals surface area contributed by atoms with E-state index in [0.717, 1.165) is 19.1 Å². The van der Waals surface area contributed by atoms with Gasteiger partial charge in [-0.1, -0.05) is 12.8 Å². The number of hydrogen-bond acceptors (Lipinski definition) is 6. The molecular formula is C12H11N2O6-. The van der Waals surface area contributed by atoms with Gasteiger partial charge < -0.3 is 9.90 Å². The Morgan fingerprint density at radius 3 is 2.40 bits per heavy atom.